The molecule has 0 aromatic carbocycles. The molecule has 0 saturated carbocycles. The van der Waals surface area contributed by atoms with Crippen LogP contribution < -0.4 is 14.4 Å². The van der Waals surface area contributed by atoms with Crippen molar-refractivity contribution in [2.75, 3.05) is 19.1 Å². The van der Waals surface area contributed by atoms with E-state index in [2.05, 4.69) is 20.1 Å². The van der Waals surface area contributed by atoms with Crippen molar-refractivity contribution in [1.29, 1.82) is 5.26 Å². The summed E-state index contributed by atoms with van der Waals surface area (Å²) in [5, 5.41) is 12.9. The lowest BCUT2D eigenvalue weighted by Gasteiger charge is -2.11. The molecule has 0 fully saturated rings. The highest BCUT2D eigenvalue weighted by Gasteiger charge is 2.33. The highest BCUT2D eigenvalue weighted by molar-refractivity contribution is 6.10. The van der Waals surface area contributed by atoms with E-state index in [4.69, 9.17) is 14.7 Å². The molecule has 0 spiro atoms. The Labute approximate surface area is 166 Å². The minimum Gasteiger partial charge on any atom is -0.480 e. The van der Waals surface area contributed by atoms with Crippen LogP contribution in [0.2, 0.25) is 0 Å². The van der Waals surface area contributed by atoms with Crippen molar-refractivity contribution in [3.63, 3.8) is 0 Å². The number of rotatable bonds is 5. The fraction of sp³-hybridized carbons (Fsp3) is 0.263. The van der Waals surface area contributed by atoms with Crippen LogP contribution in [-0.2, 0) is 13.1 Å². The van der Waals surface area contributed by atoms with Crippen LogP contribution in [0.25, 0.3) is 11.3 Å². The third kappa shape index (κ3) is 3.12. The van der Waals surface area contributed by atoms with Crippen molar-refractivity contribution < 1.29 is 14.3 Å². The zero-order valence-electron chi connectivity index (χ0n) is 16.1. The molecule has 0 N–H and O–H groups in total. The van der Waals surface area contributed by atoms with Gasteiger partial charge in [0.1, 0.15) is 6.54 Å². The summed E-state index contributed by atoms with van der Waals surface area (Å²) < 4.78 is 11.9. The summed E-state index contributed by atoms with van der Waals surface area (Å²) >= 11 is 0. The van der Waals surface area contributed by atoms with Crippen LogP contribution in [0.15, 0.2) is 24.7 Å². The topological polar surface area (TPSA) is 119 Å². The number of hydrogen-bond acceptors (Lipinski definition) is 8. The summed E-state index contributed by atoms with van der Waals surface area (Å²) in [6.07, 6.45) is 4.82. The van der Waals surface area contributed by atoms with Gasteiger partial charge in [0, 0.05) is 12.4 Å². The number of aryl methyl sites for hydroxylation is 1. The number of carbonyl (C=O) groups is 1. The van der Waals surface area contributed by atoms with E-state index in [1.54, 1.807) is 23.5 Å². The van der Waals surface area contributed by atoms with Crippen LogP contribution >= 0.6 is 0 Å². The number of carbonyl (C=O) groups excluding carboxylic acids is 1. The summed E-state index contributed by atoms with van der Waals surface area (Å²) in [6, 6.07) is 4.03. The highest BCUT2D eigenvalue weighted by atomic mass is 16.5. The number of amides is 1. The zero-order valence-corrected chi connectivity index (χ0v) is 16.1. The van der Waals surface area contributed by atoms with Crippen LogP contribution in [0.5, 0.6) is 11.9 Å². The molecule has 0 bridgehead atoms. The molecule has 0 radical (unpaired) electrons. The number of fused-ring (bicyclic) bond motifs is 1. The van der Waals surface area contributed by atoms with Gasteiger partial charge in [-0.15, -0.1) is 0 Å². The fourth-order valence-electron chi connectivity index (χ4n) is 3.28. The first kappa shape index (κ1) is 18.4. The molecule has 29 heavy (non-hydrogen) atoms. The lowest BCUT2D eigenvalue weighted by Crippen LogP contribution is -2.22. The van der Waals surface area contributed by atoms with E-state index in [0.29, 0.717) is 40.6 Å². The Balaban J connectivity index is 1.72. The lowest BCUT2D eigenvalue weighted by atomic mass is 10.1. The van der Waals surface area contributed by atoms with E-state index in [9.17, 15) is 4.79 Å². The number of methoxy groups -OCH3 is 2. The summed E-state index contributed by atoms with van der Waals surface area (Å²) in [5.41, 5.74) is 3.84. The fourth-order valence-corrected chi connectivity index (χ4v) is 3.28. The van der Waals surface area contributed by atoms with Gasteiger partial charge in [-0.05, 0) is 18.6 Å². The smallest absolute Gasteiger partial charge is 0.319 e. The van der Waals surface area contributed by atoms with E-state index in [-0.39, 0.29) is 18.5 Å². The third-order valence-corrected chi connectivity index (χ3v) is 4.61. The van der Waals surface area contributed by atoms with Crippen molar-refractivity contribution in [3.05, 3.63) is 41.5 Å². The Morgan fingerprint density at radius 3 is 2.79 bits per heavy atom. The standard InChI is InChI=1S/C19H17N7O3/c1-11-6-14(13-8-21-19(29-3)24-17(13)28-2)23-15-10-26(18(27)16(11)15)12-7-22-25(9-12)5-4-20/h6-9H,5,10H2,1-3H3. The van der Waals surface area contributed by atoms with Gasteiger partial charge < -0.3 is 9.47 Å². The maximum absolute atomic E-state index is 13.0. The van der Waals surface area contributed by atoms with Gasteiger partial charge in [-0.25, -0.2) is 9.97 Å². The molecule has 4 heterocycles. The minimum atomic E-state index is -0.147. The number of nitrogens with zero attached hydrogens (tertiary/aromatic N) is 7. The average molecular weight is 391 g/mol. The Hall–Kier alpha value is -4.00. The number of hydrogen-bond donors (Lipinski definition) is 0. The van der Waals surface area contributed by atoms with E-state index in [1.165, 1.54) is 18.9 Å². The van der Waals surface area contributed by atoms with Crippen LogP contribution in [0.1, 0.15) is 21.6 Å². The molecule has 0 unspecified atom stereocenters. The highest BCUT2D eigenvalue weighted by Crippen LogP contribution is 2.34. The minimum absolute atomic E-state index is 0.119. The average Bonchev–Trinajstić information content (AvgIpc) is 3.32. The quantitative estimate of drug-likeness (QED) is 0.645. The summed E-state index contributed by atoms with van der Waals surface area (Å²) in [7, 11) is 2.99. The second-order valence-corrected chi connectivity index (χ2v) is 6.37. The van der Waals surface area contributed by atoms with Crippen molar-refractivity contribution in [1.82, 2.24) is 24.7 Å². The molecule has 146 valence electrons. The molecule has 0 saturated heterocycles. The van der Waals surface area contributed by atoms with E-state index >= 15 is 0 Å². The molecule has 3 aromatic heterocycles. The van der Waals surface area contributed by atoms with Gasteiger partial charge >= 0.3 is 6.01 Å². The van der Waals surface area contributed by atoms with E-state index < -0.39 is 0 Å². The van der Waals surface area contributed by atoms with Crippen LogP contribution in [0.4, 0.5) is 5.69 Å². The van der Waals surface area contributed by atoms with Gasteiger partial charge in [0.05, 0.1) is 61.2 Å². The maximum Gasteiger partial charge on any atom is 0.319 e. The second-order valence-electron chi connectivity index (χ2n) is 6.37. The Morgan fingerprint density at radius 2 is 2.07 bits per heavy atom. The lowest BCUT2D eigenvalue weighted by molar-refractivity contribution is 0.0996. The molecule has 1 aliphatic heterocycles. The van der Waals surface area contributed by atoms with E-state index in [0.717, 1.165) is 5.56 Å². The number of nitriles is 1. The molecule has 0 atom stereocenters. The number of pyridine rings is 1. The first-order valence-electron chi connectivity index (χ1n) is 8.73. The first-order chi connectivity index (χ1) is 14.0. The number of anilines is 1. The number of ether oxygens (including phenoxy) is 2. The molecule has 1 amide bonds. The van der Waals surface area contributed by atoms with Crippen molar-refractivity contribution in [2.24, 2.45) is 0 Å². The molecular formula is C19H17N7O3. The normalized spacial score (nSPS) is 12.6. The summed E-state index contributed by atoms with van der Waals surface area (Å²) in [5.74, 6) is 0.189. The largest absolute Gasteiger partial charge is 0.480 e. The van der Waals surface area contributed by atoms with Crippen LogP contribution in [0.3, 0.4) is 0 Å². The maximum atomic E-state index is 13.0. The van der Waals surface area contributed by atoms with E-state index in [1.807, 2.05) is 19.1 Å². The summed E-state index contributed by atoms with van der Waals surface area (Å²) in [4.78, 5) is 27.6. The Kier molecular flexibility index (Phi) is 4.56. The van der Waals surface area contributed by atoms with Crippen molar-refractivity contribution in [3.8, 4) is 29.2 Å². The predicted molar refractivity (Wildman–Crippen MR) is 101 cm³/mol. The molecular weight excluding hydrogens is 374 g/mol. The third-order valence-electron chi connectivity index (χ3n) is 4.61. The first-order valence-corrected chi connectivity index (χ1v) is 8.73. The van der Waals surface area contributed by atoms with Crippen molar-refractivity contribution >= 4 is 11.6 Å². The second kappa shape index (κ2) is 7.20. The Bertz CT molecular complexity index is 1150. The van der Waals surface area contributed by atoms with Gasteiger partial charge in [0.2, 0.25) is 5.88 Å². The van der Waals surface area contributed by atoms with Gasteiger partial charge in [0.15, 0.2) is 0 Å². The van der Waals surface area contributed by atoms with Crippen LogP contribution in [-0.4, -0.2) is 44.9 Å². The monoisotopic (exact) mass is 391 g/mol. The predicted octanol–water partition coefficient (Wildman–Crippen LogP) is 1.74. The molecule has 1 aliphatic rings. The van der Waals surface area contributed by atoms with Gasteiger partial charge in [0.25, 0.3) is 5.91 Å². The summed E-state index contributed by atoms with van der Waals surface area (Å²) in [6.45, 7) is 2.29. The SMILES string of the molecule is COc1ncc(-c2cc(C)c3c(n2)CN(c2cnn(CC#N)c2)C3=O)c(OC)n1. The number of aromatic nitrogens is 5. The molecule has 10 heteroatoms. The zero-order chi connectivity index (χ0) is 20.5. The molecule has 3 aromatic rings. The Morgan fingerprint density at radius 1 is 1.24 bits per heavy atom. The molecule has 0 aliphatic carbocycles. The molecule has 10 nitrogen and oxygen atoms in total. The van der Waals surface area contributed by atoms with Crippen LogP contribution in [0, 0.1) is 18.3 Å². The van der Waals surface area contributed by atoms with Gasteiger partial charge in [-0.3, -0.25) is 14.4 Å². The van der Waals surface area contributed by atoms with Gasteiger partial charge in [-0.2, -0.15) is 15.3 Å². The molecule has 4 rings (SSSR count). The van der Waals surface area contributed by atoms with Gasteiger partial charge in [-0.1, -0.05) is 0 Å². The van der Waals surface area contributed by atoms with Crippen molar-refractivity contribution in [2.45, 2.75) is 20.0 Å².